The van der Waals surface area contributed by atoms with Crippen molar-refractivity contribution in [1.29, 1.82) is 0 Å². The Morgan fingerprint density at radius 1 is 1.07 bits per heavy atom. The first-order valence-electron chi connectivity index (χ1n) is 5.27. The van der Waals surface area contributed by atoms with Crippen molar-refractivity contribution in [2.75, 3.05) is 0 Å². The highest BCUT2D eigenvalue weighted by Gasteiger charge is 2.16. The van der Waals surface area contributed by atoms with Gasteiger partial charge in [-0.05, 0) is 45.0 Å². The van der Waals surface area contributed by atoms with Gasteiger partial charge >= 0.3 is 0 Å². The number of nitrogens with zero attached hydrogens (tertiary/aromatic N) is 4. The van der Waals surface area contributed by atoms with E-state index < -0.39 is 0 Å². The molecule has 1 heterocycles. The molecule has 0 aliphatic heterocycles. The summed E-state index contributed by atoms with van der Waals surface area (Å²) < 4.78 is 1.75. The largest absolute Gasteiger partial charge is 0.281 e. The highest BCUT2D eigenvalue weighted by atomic mass is 15.6. The zero-order valence-corrected chi connectivity index (χ0v) is 10.0. The predicted octanol–water partition coefficient (Wildman–Crippen LogP) is 0.434. The predicted molar refractivity (Wildman–Crippen MR) is 58.1 cm³/mol. The molecule has 15 heavy (non-hydrogen) atoms. The minimum atomic E-state index is -0.0556. The molecule has 0 saturated carbocycles. The van der Waals surface area contributed by atoms with E-state index in [-0.39, 0.29) is 6.29 Å². The van der Waals surface area contributed by atoms with Gasteiger partial charge in [-0.1, -0.05) is 0 Å². The molecule has 6 heteroatoms. The molecule has 1 aromatic heterocycles. The monoisotopic (exact) mass is 212 g/mol. The smallest absolute Gasteiger partial charge is 0.159 e. The molecule has 0 radical (unpaired) electrons. The van der Waals surface area contributed by atoms with Crippen molar-refractivity contribution in [3.63, 3.8) is 0 Å². The van der Waals surface area contributed by atoms with E-state index in [2.05, 4.69) is 53.9 Å². The Bertz CT molecular complexity index is 283. The summed E-state index contributed by atoms with van der Waals surface area (Å²) >= 11 is 0. The van der Waals surface area contributed by atoms with Gasteiger partial charge in [-0.25, -0.2) is 0 Å². The molecule has 6 nitrogen and oxygen atoms in total. The molecule has 1 aromatic rings. The molecular formula is C9H20N6. The van der Waals surface area contributed by atoms with Crippen molar-refractivity contribution in [3.05, 3.63) is 5.82 Å². The van der Waals surface area contributed by atoms with Crippen LogP contribution in [0.3, 0.4) is 0 Å². The van der Waals surface area contributed by atoms with Gasteiger partial charge in [0.15, 0.2) is 12.1 Å². The minimum absolute atomic E-state index is 0.0556. The standard InChI is InChI=1S/C9H20N6/c1-6(2)10-9(11-7(3)4)15-8(5)12-13-14-15/h6-7,9-11H,1-5H3. The van der Waals surface area contributed by atoms with Crippen LogP contribution in [0.4, 0.5) is 0 Å². The van der Waals surface area contributed by atoms with Crippen molar-refractivity contribution in [2.24, 2.45) is 0 Å². The van der Waals surface area contributed by atoms with Gasteiger partial charge in [0, 0.05) is 12.1 Å². The van der Waals surface area contributed by atoms with Gasteiger partial charge in [-0.3, -0.25) is 10.6 Å². The molecule has 2 N–H and O–H groups in total. The number of hydrogen-bond donors (Lipinski definition) is 2. The molecule has 0 saturated heterocycles. The quantitative estimate of drug-likeness (QED) is 0.693. The van der Waals surface area contributed by atoms with Gasteiger partial charge in [0.05, 0.1) is 0 Å². The Balaban J connectivity index is 2.76. The second kappa shape index (κ2) is 5.18. The van der Waals surface area contributed by atoms with Crippen LogP contribution in [-0.4, -0.2) is 32.3 Å². The third-order valence-electron chi connectivity index (χ3n) is 1.88. The number of hydrogen-bond acceptors (Lipinski definition) is 5. The Morgan fingerprint density at radius 2 is 1.60 bits per heavy atom. The molecule has 0 fully saturated rings. The minimum Gasteiger partial charge on any atom is -0.281 e. The summed E-state index contributed by atoms with van der Waals surface area (Å²) in [6, 6.07) is 0.731. The van der Waals surface area contributed by atoms with Crippen LogP contribution in [0.5, 0.6) is 0 Å². The van der Waals surface area contributed by atoms with E-state index in [9.17, 15) is 0 Å². The second-order valence-electron chi connectivity index (χ2n) is 4.22. The summed E-state index contributed by atoms with van der Waals surface area (Å²) in [7, 11) is 0. The Morgan fingerprint density at radius 3 is 1.93 bits per heavy atom. The first-order chi connectivity index (χ1) is 7.00. The maximum absolute atomic E-state index is 3.95. The van der Waals surface area contributed by atoms with Gasteiger partial charge in [-0.2, -0.15) is 4.68 Å². The van der Waals surface area contributed by atoms with Crippen LogP contribution < -0.4 is 10.6 Å². The van der Waals surface area contributed by atoms with Crippen molar-refractivity contribution >= 4 is 0 Å². The van der Waals surface area contributed by atoms with Crippen LogP contribution in [0, 0.1) is 6.92 Å². The number of nitrogens with one attached hydrogen (secondary N) is 2. The average Bonchev–Trinajstić information content (AvgIpc) is 2.48. The zero-order valence-electron chi connectivity index (χ0n) is 10.0. The topological polar surface area (TPSA) is 67.7 Å². The average molecular weight is 212 g/mol. The molecule has 1 rings (SSSR count). The number of aromatic nitrogens is 4. The SMILES string of the molecule is Cc1nnnn1C(NC(C)C)NC(C)C. The molecule has 0 bridgehead atoms. The number of tetrazole rings is 1. The first-order valence-corrected chi connectivity index (χ1v) is 5.27. The molecular weight excluding hydrogens is 192 g/mol. The summed E-state index contributed by atoms with van der Waals surface area (Å²) in [5.41, 5.74) is 0. The third-order valence-corrected chi connectivity index (χ3v) is 1.88. The fourth-order valence-corrected chi connectivity index (χ4v) is 1.30. The molecule has 0 aliphatic rings. The summed E-state index contributed by atoms with van der Waals surface area (Å²) in [5.74, 6) is 0.793. The van der Waals surface area contributed by atoms with E-state index in [1.165, 1.54) is 0 Å². The summed E-state index contributed by atoms with van der Waals surface area (Å²) in [5, 5.41) is 18.2. The van der Waals surface area contributed by atoms with Crippen molar-refractivity contribution in [1.82, 2.24) is 30.8 Å². The molecule has 0 spiro atoms. The Labute approximate surface area is 90.4 Å². The van der Waals surface area contributed by atoms with E-state index >= 15 is 0 Å². The summed E-state index contributed by atoms with van der Waals surface area (Å²) in [6.45, 7) is 10.3. The van der Waals surface area contributed by atoms with Gasteiger partial charge in [0.1, 0.15) is 0 Å². The van der Waals surface area contributed by atoms with Gasteiger partial charge in [-0.15, -0.1) is 5.10 Å². The molecule has 0 unspecified atom stereocenters. The Hall–Kier alpha value is -1.01. The molecule has 0 aliphatic carbocycles. The fraction of sp³-hybridized carbons (Fsp3) is 0.889. The van der Waals surface area contributed by atoms with Crippen molar-refractivity contribution < 1.29 is 0 Å². The number of aryl methyl sites for hydroxylation is 1. The molecule has 0 aromatic carbocycles. The highest BCUT2D eigenvalue weighted by molar-refractivity contribution is 4.78. The zero-order chi connectivity index (χ0) is 11.4. The second-order valence-corrected chi connectivity index (χ2v) is 4.22. The highest BCUT2D eigenvalue weighted by Crippen LogP contribution is 2.01. The van der Waals surface area contributed by atoms with Crippen LogP contribution >= 0.6 is 0 Å². The van der Waals surface area contributed by atoms with E-state index in [4.69, 9.17) is 0 Å². The molecule has 86 valence electrons. The van der Waals surface area contributed by atoms with Crippen LogP contribution in [0.1, 0.15) is 39.8 Å². The normalized spacial score (nSPS) is 12.0. The maximum atomic E-state index is 3.95. The lowest BCUT2D eigenvalue weighted by Crippen LogP contribution is -2.45. The third kappa shape index (κ3) is 3.56. The van der Waals surface area contributed by atoms with Crippen LogP contribution in [0.2, 0.25) is 0 Å². The number of rotatable bonds is 5. The van der Waals surface area contributed by atoms with E-state index in [1.54, 1.807) is 4.68 Å². The summed E-state index contributed by atoms with van der Waals surface area (Å²) in [4.78, 5) is 0. The van der Waals surface area contributed by atoms with Gasteiger partial charge < -0.3 is 0 Å². The fourth-order valence-electron chi connectivity index (χ4n) is 1.30. The Kier molecular flexibility index (Phi) is 4.16. The lowest BCUT2D eigenvalue weighted by atomic mass is 10.3. The van der Waals surface area contributed by atoms with Crippen molar-refractivity contribution in [3.8, 4) is 0 Å². The summed E-state index contributed by atoms with van der Waals surface area (Å²) in [6.07, 6.45) is -0.0556. The van der Waals surface area contributed by atoms with E-state index in [0.717, 1.165) is 5.82 Å². The molecule has 0 atom stereocenters. The first kappa shape index (κ1) is 12.1. The van der Waals surface area contributed by atoms with Crippen LogP contribution in [0.25, 0.3) is 0 Å². The van der Waals surface area contributed by atoms with Gasteiger partial charge in [0.2, 0.25) is 0 Å². The lowest BCUT2D eigenvalue weighted by molar-refractivity contribution is 0.256. The molecule has 0 amide bonds. The lowest BCUT2D eigenvalue weighted by Gasteiger charge is -2.24. The van der Waals surface area contributed by atoms with E-state index in [1.807, 2.05) is 6.92 Å². The van der Waals surface area contributed by atoms with Crippen LogP contribution in [0.15, 0.2) is 0 Å². The van der Waals surface area contributed by atoms with E-state index in [0.29, 0.717) is 12.1 Å². The van der Waals surface area contributed by atoms with Crippen LogP contribution in [-0.2, 0) is 0 Å². The van der Waals surface area contributed by atoms with Gasteiger partial charge in [0.25, 0.3) is 0 Å². The maximum Gasteiger partial charge on any atom is 0.159 e. The van der Waals surface area contributed by atoms with Crippen molar-refractivity contribution in [2.45, 2.75) is 53.0 Å².